The maximum absolute atomic E-state index is 12.0. The SMILES string of the molecule is CC(CCl)N(C)C(=O)c1cc(Br)sc1Br. The van der Waals surface area contributed by atoms with E-state index in [4.69, 9.17) is 11.6 Å². The molecule has 84 valence electrons. The number of halogens is 3. The molecule has 0 aromatic carbocycles. The summed E-state index contributed by atoms with van der Waals surface area (Å²) in [5.41, 5.74) is 0.673. The number of carbonyl (C=O) groups is 1. The van der Waals surface area contributed by atoms with Crippen molar-refractivity contribution < 1.29 is 4.79 Å². The number of nitrogens with zero attached hydrogens (tertiary/aromatic N) is 1. The molecule has 0 saturated heterocycles. The monoisotopic (exact) mass is 373 g/mol. The van der Waals surface area contributed by atoms with E-state index in [1.54, 1.807) is 11.9 Å². The van der Waals surface area contributed by atoms with E-state index in [0.29, 0.717) is 11.4 Å². The summed E-state index contributed by atoms with van der Waals surface area (Å²) < 4.78 is 1.78. The summed E-state index contributed by atoms with van der Waals surface area (Å²) in [6.07, 6.45) is 0. The molecule has 15 heavy (non-hydrogen) atoms. The fourth-order valence-corrected chi connectivity index (χ4v) is 3.96. The average Bonchev–Trinajstić information content (AvgIpc) is 2.54. The molecule has 0 bridgehead atoms. The van der Waals surface area contributed by atoms with Gasteiger partial charge in [0.1, 0.15) is 0 Å². The van der Waals surface area contributed by atoms with Crippen molar-refractivity contribution in [2.75, 3.05) is 12.9 Å². The number of amides is 1. The van der Waals surface area contributed by atoms with Crippen LogP contribution in [0.5, 0.6) is 0 Å². The van der Waals surface area contributed by atoms with Crippen molar-refractivity contribution in [3.8, 4) is 0 Å². The Balaban J connectivity index is 2.89. The highest BCUT2D eigenvalue weighted by Gasteiger charge is 2.20. The van der Waals surface area contributed by atoms with Crippen LogP contribution in [0.4, 0.5) is 0 Å². The van der Waals surface area contributed by atoms with Gasteiger partial charge in [0, 0.05) is 19.0 Å². The van der Waals surface area contributed by atoms with Crippen molar-refractivity contribution in [2.24, 2.45) is 0 Å². The van der Waals surface area contributed by atoms with Crippen LogP contribution in [0.2, 0.25) is 0 Å². The Morgan fingerprint density at radius 2 is 2.27 bits per heavy atom. The minimum Gasteiger partial charge on any atom is -0.338 e. The van der Waals surface area contributed by atoms with Gasteiger partial charge in [-0.05, 0) is 44.8 Å². The Morgan fingerprint density at radius 3 is 2.67 bits per heavy atom. The summed E-state index contributed by atoms with van der Waals surface area (Å²) in [4.78, 5) is 13.6. The average molecular weight is 376 g/mol. The second kappa shape index (κ2) is 5.66. The van der Waals surface area contributed by atoms with Gasteiger partial charge in [-0.3, -0.25) is 4.79 Å². The first kappa shape index (κ1) is 13.5. The normalized spacial score (nSPS) is 12.6. The second-order valence-electron chi connectivity index (χ2n) is 3.16. The van der Waals surface area contributed by atoms with Crippen LogP contribution in [0.15, 0.2) is 13.6 Å². The summed E-state index contributed by atoms with van der Waals surface area (Å²) in [6.45, 7) is 1.92. The van der Waals surface area contributed by atoms with Gasteiger partial charge in [-0.2, -0.15) is 0 Å². The number of thiophene rings is 1. The lowest BCUT2D eigenvalue weighted by Gasteiger charge is -2.22. The molecule has 0 fully saturated rings. The molecule has 2 nitrogen and oxygen atoms in total. The van der Waals surface area contributed by atoms with E-state index in [2.05, 4.69) is 31.9 Å². The van der Waals surface area contributed by atoms with E-state index in [9.17, 15) is 4.79 Å². The lowest BCUT2D eigenvalue weighted by Crippen LogP contribution is -2.36. The molecule has 0 saturated carbocycles. The Hall–Kier alpha value is 0.420. The van der Waals surface area contributed by atoms with E-state index in [0.717, 1.165) is 7.57 Å². The van der Waals surface area contributed by atoms with Crippen LogP contribution in [-0.4, -0.2) is 29.8 Å². The summed E-state index contributed by atoms with van der Waals surface area (Å²) >= 11 is 13.9. The largest absolute Gasteiger partial charge is 0.338 e. The second-order valence-corrected chi connectivity index (χ2v) is 7.22. The molecule has 0 aliphatic rings. The first-order valence-corrected chi connectivity index (χ1v) is 7.19. The van der Waals surface area contributed by atoms with Crippen LogP contribution in [-0.2, 0) is 0 Å². The molecule has 0 N–H and O–H groups in total. The molecule has 0 aliphatic heterocycles. The van der Waals surface area contributed by atoms with Crippen LogP contribution in [0.25, 0.3) is 0 Å². The zero-order valence-corrected chi connectivity index (χ0v) is 13.0. The molecular formula is C9H10Br2ClNOS. The van der Waals surface area contributed by atoms with Gasteiger partial charge in [0.15, 0.2) is 0 Å². The molecule has 1 amide bonds. The summed E-state index contributed by atoms with van der Waals surface area (Å²) in [7, 11) is 1.76. The molecule has 1 rings (SSSR count). The fourth-order valence-electron chi connectivity index (χ4n) is 0.980. The maximum Gasteiger partial charge on any atom is 0.255 e. The highest BCUT2D eigenvalue weighted by Crippen LogP contribution is 2.32. The van der Waals surface area contributed by atoms with E-state index < -0.39 is 0 Å². The zero-order chi connectivity index (χ0) is 11.6. The minimum absolute atomic E-state index is 0.0167. The molecule has 1 aromatic rings. The molecule has 0 spiro atoms. The van der Waals surface area contributed by atoms with Crippen molar-refractivity contribution >= 4 is 60.7 Å². The molecule has 0 radical (unpaired) electrons. The van der Waals surface area contributed by atoms with Crippen LogP contribution in [0.3, 0.4) is 0 Å². The van der Waals surface area contributed by atoms with Gasteiger partial charge in [0.25, 0.3) is 5.91 Å². The summed E-state index contributed by atoms with van der Waals surface area (Å²) in [5.74, 6) is 0.419. The first-order chi connectivity index (χ1) is 6.97. The van der Waals surface area contributed by atoms with Crippen LogP contribution >= 0.6 is 54.8 Å². The minimum atomic E-state index is -0.0167. The zero-order valence-electron chi connectivity index (χ0n) is 8.26. The van der Waals surface area contributed by atoms with Gasteiger partial charge in [0.05, 0.1) is 13.1 Å². The summed E-state index contributed by atoms with van der Waals surface area (Å²) in [5, 5.41) is 0. The van der Waals surface area contributed by atoms with E-state index in [1.165, 1.54) is 11.3 Å². The molecule has 6 heteroatoms. The van der Waals surface area contributed by atoms with Crippen molar-refractivity contribution in [3.63, 3.8) is 0 Å². The first-order valence-electron chi connectivity index (χ1n) is 4.25. The Morgan fingerprint density at radius 1 is 1.67 bits per heavy atom. The highest BCUT2D eigenvalue weighted by molar-refractivity contribution is 9.12. The number of hydrogen-bond donors (Lipinski definition) is 0. The van der Waals surface area contributed by atoms with Crippen molar-refractivity contribution in [1.82, 2.24) is 4.90 Å². The number of carbonyl (C=O) groups excluding carboxylic acids is 1. The maximum atomic E-state index is 12.0. The Labute approximate surface area is 115 Å². The smallest absolute Gasteiger partial charge is 0.255 e. The third-order valence-electron chi connectivity index (χ3n) is 2.09. The van der Waals surface area contributed by atoms with E-state index in [1.807, 2.05) is 13.0 Å². The molecule has 1 unspecified atom stereocenters. The number of hydrogen-bond acceptors (Lipinski definition) is 2. The molecule has 1 aromatic heterocycles. The van der Waals surface area contributed by atoms with Gasteiger partial charge in [-0.1, -0.05) is 0 Å². The lowest BCUT2D eigenvalue weighted by molar-refractivity contribution is 0.0756. The van der Waals surface area contributed by atoms with Gasteiger partial charge < -0.3 is 4.90 Å². The van der Waals surface area contributed by atoms with Crippen molar-refractivity contribution in [1.29, 1.82) is 0 Å². The van der Waals surface area contributed by atoms with Crippen LogP contribution < -0.4 is 0 Å². The van der Waals surface area contributed by atoms with E-state index >= 15 is 0 Å². The Bertz CT molecular complexity index is 369. The van der Waals surface area contributed by atoms with Crippen molar-refractivity contribution in [2.45, 2.75) is 13.0 Å². The predicted molar refractivity (Wildman–Crippen MR) is 72.0 cm³/mol. The number of rotatable bonds is 3. The summed E-state index contributed by atoms with van der Waals surface area (Å²) in [6, 6.07) is 1.85. The molecule has 1 atom stereocenters. The third-order valence-corrected chi connectivity index (χ3v) is 4.88. The lowest BCUT2D eigenvalue weighted by atomic mass is 10.2. The van der Waals surface area contributed by atoms with Gasteiger partial charge in [-0.25, -0.2) is 0 Å². The molecule has 1 heterocycles. The quantitative estimate of drug-likeness (QED) is 0.732. The van der Waals surface area contributed by atoms with Gasteiger partial charge >= 0.3 is 0 Å². The van der Waals surface area contributed by atoms with E-state index in [-0.39, 0.29) is 11.9 Å². The van der Waals surface area contributed by atoms with Crippen molar-refractivity contribution in [3.05, 3.63) is 19.2 Å². The third kappa shape index (κ3) is 3.19. The highest BCUT2D eigenvalue weighted by atomic mass is 79.9. The number of alkyl halides is 1. The van der Waals surface area contributed by atoms with Gasteiger partial charge in [-0.15, -0.1) is 22.9 Å². The standard InChI is InChI=1S/C9H10Br2ClNOS/c1-5(4-12)13(2)9(14)6-3-7(10)15-8(6)11/h3,5H,4H2,1-2H3. The molecular weight excluding hydrogens is 365 g/mol. The molecule has 0 aliphatic carbocycles. The van der Waals surface area contributed by atoms with Gasteiger partial charge in [0.2, 0.25) is 0 Å². The topological polar surface area (TPSA) is 20.3 Å². The predicted octanol–water partition coefficient (Wildman–Crippen LogP) is 3.97. The van der Waals surface area contributed by atoms with Crippen LogP contribution in [0, 0.1) is 0 Å². The Kier molecular flexibility index (Phi) is 5.09. The van der Waals surface area contributed by atoms with Crippen LogP contribution in [0.1, 0.15) is 17.3 Å². The fraction of sp³-hybridized carbons (Fsp3) is 0.444.